The average Bonchev–Trinajstić information content (AvgIpc) is 2.69. The van der Waals surface area contributed by atoms with Gasteiger partial charge in [-0.05, 0) is 20.8 Å². The predicted octanol–water partition coefficient (Wildman–Crippen LogP) is 1.88. The van der Waals surface area contributed by atoms with Crippen molar-refractivity contribution in [1.29, 1.82) is 0 Å². The first kappa shape index (κ1) is 9.76. The molecule has 0 aliphatic heterocycles. The first-order chi connectivity index (χ1) is 6.97. The fraction of sp³-hybridized carbons (Fsp3) is 0.400. The monoisotopic (exact) mass is 206 g/mol. The molecule has 2 aromatic heterocycles. The summed E-state index contributed by atoms with van der Waals surface area (Å²) < 4.78 is 6.92. The van der Waals surface area contributed by atoms with Crippen molar-refractivity contribution >= 4 is 5.82 Å². The van der Waals surface area contributed by atoms with Crippen LogP contribution in [-0.2, 0) is 5.54 Å². The van der Waals surface area contributed by atoms with Crippen molar-refractivity contribution in [1.82, 2.24) is 14.9 Å². The van der Waals surface area contributed by atoms with Crippen LogP contribution in [0.25, 0.3) is 11.3 Å². The van der Waals surface area contributed by atoms with Crippen LogP contribution < -0.4 is 5.73 Å². The smallest absolute Gasteiger partial charge is 0.172 e. The molecular weight excluding hydrogens is 192 g/mol. The van der Waals surface area contributed by atoms with Crippen LogP contribution in [-0.4, -0.2) is 14.9 Å². The average molecular weight is 206 g/mol. The van der Waals surface area contributed by atoms with E-state index < -0.39 is 0 Å². The highest BCUT2D eigenvalue weighted by molar-refractivity contribution is 5.57. The highest BCUT2D eigenvalue weighted by atomic mass is 16.5. The lowest BCUT2D eigenvalue weighted by molar-refractivity contribution is 0.355. The molecule has 2 heterocycles. The Labute approximate surface area is 87.9 Å². The molecule has 0 aromatic carbocycles. The van der Waals surface area contributed by atoms with E-state index in [4.69, 9.17) is 10.3 Å². The van der Waals surface area contributed by atoms with Crippen molar-refractivity contribution in [3.63, 3.8) is 0 Å². The second-order valence-corrected chi connectivity index (χ2v) is 4.46. The van der Waals surface area contributed by atoms with E-state index in [1.54, 1.807) is 12.3 Å². The van der Waals surface area contributed by atoms with Crippen LogP contribution in [0, 0.1) is 0 Å². The second-order valence-electron chi connectivity index (χ2n) is 4.46. The molecular formula is C10H14N4O. The zero-order valence-corrected chi connectivity index (χ0v) is 9.06. The summed E-state index contributed by atoms with van der Waals surface area (Å²) in [5.74, 6) is 1.02. The standard InChI is InChI=1S/C10H14N4O/c1-10(2,3)14-6-7(5-12-14)8-4-9(11)13-15-8/h4-6H,1-3H3,(H2,11,13). The van der Waals surface area contributed by atoms with Gasteiger partial charge in [0.15, 0.2) is 11.6 Å². The number of aromatic nitrogens is 3. The lowest BCUT2D eigenvalue weighted by Gasteiger charge is -2.18. The van der Waals surface area contributed by atoms with Crippen molar-refractivity contribution in [3.05, 3.63) is 18.5 Å². The quantitative estimate of drug-likeness (QED) is 0.773. The normalized spacial score (nSPS) is 11.9. The Hall–Kier alpha value is -1.78. The molecule has 0 fully saturated rings. The van der Waals surface area contributed by atoms with E-state index in [9.17, 15) is 0 Å². The summed E-state index contributed by atoms with van der Waals surface area (Å²) in [6.07, 6.45) is 3.66. The van der Waals surface area contributed by atoms with Crippen LogP contribution in [0.15, 0.2) is 23.0 Å². The van der Waals surface area contributed by atoms with E-state index in [0.29, 0.717) is 11.6 Å². The van der Waals surface area contributed by atoms with Gasteiger partial charge in [0.05, 0.1) is 17.3 Å². The van der Waals surface area contributed by atoms with Crippen molar-refractivity contribution in [3.8, 4) is 11.3 Å². The summed E-state index contributed by atoms with van der Waals surface area (Å²) in [5, 5.41) is 7.89. The van der Waals surface area contributed by atoms with Crippen LogP contribution in [0.3, 0.4) is 0 Å². The topological polar surface area (TPSA) is 69.9 Å². The van der Waals surface area contributed by atoms with Gasteiger partial charge in [0.25, 0.3) is 0 Å². The molecule has 0 spiro atoms. The van der Waals surface area contributed by atoms with Crippen molar-refractivity contribution in [2.24, 2.45) is 0 Å². The molecule has 0 saturated carbocycles. The molecule has 80 valence electrons. The van der Waals surface area contributed by atoms with Crippen LogP contribution in [0.4, 0.5) is 5.82 Å². The molecule has 0 atom stereocenters. The zero-order chi connectivity index (χ0) is 11.1. The van der Waals surface area contributed by atoms with Gasteiger partial charge in [-0.3, -0.25) is 4.68 Å². The van der Waals surface area contributed by atoms with Gasteiger partial charge in [0.2, 0.25) is 0 Å². The van der Waals surface area contributed by atoms with Gasteiger partial charge in [0.1, 0.15) is 0 Å². The van der Waals surface area contributed by atoms with E-state index in [0.717, 1.165) is 5.56 Å². The van der Waals surface area contributed by atoms with E-state index in [1.165, 1.54) is 0 Å². The molecule has 0 amide bonds. The van der Waals surface area contributed by atoms with E-state index >= 15 is 0 Å². The first-order valence-electron chi connectivity index (χ1n) is 4.74. The molecule has 0 saturated heterocycles. The maximum absolute atomic E-state index is 5.48. The number of hydrogen-bond donors (Lipinski definition) is 1. The molecule has 5 nitrogen and oxygen atoms in total. The van der Waals surface area contributed by atoms with Gasteiger partial charge < -0.3 is 10.3 Å². The number of anilines is 1. The lowest BCUT2D eigenvalue weighted by Crippen LogP contribution is -2.21. The van der Waals surface area contributed by atoms with Crippen molar-refractivity contribution in [2.75, 3.05) is 5.73 Å². The Bertz CT molecular complexity index is 464. The number of nitrogens with two attached hydrogens (primary N) is 1. The van der Waals surface area contributed by atoms with E-state index in [-0.39, 0.29) is 5.54 Å². The van der Waals surface area contributed by atoms with Crippen molar-refractivity contribution in [2.45, 2.75) is 26.3 Å². The summed E-state index contributed by atoms with van der Waals surface area (Å²) in [5.41, 5.74) is 6.32. The number of rotatable bonds is 1. The van der Waals surface area contributed by atoms with Gasteiger partial charge in [-0.15, -0.1) is 0 Å². The molecule has 15 heavy (non-hydrogen) atoms. The third kappa shape index (κ3) is 1.86. The summed E-state index contributed by atoms with van der Waals surface area (Å²) >= 11 is 0. The highest BCUT2D eigenvalue weighted by Crippen LogP contribution is 2.23. The fourth-order valence-corrected chi connectivity index (χ4v) is 1.24. The maximum Gasteiger partial charge on any atom is 0.172 e. The summed E-state index contributed by atoms with van der Waals surface area (Å²) in [7, 11) is 0. The summed E-state index contributed by atoms with van der Waals surface area (Å²) in [6, 6.07) is 1.68. The minimum atomic E-state index is -0.0379. The van der Waals surface area contributed by atoms with Crippen LogP contribution >= 0.6 is 0 Å². The van der Waals surface area contributed by atoms with Gasteiger partial charge >= 0.3 is 0 Å². The Morgan fingerprint density at radius 2 is 2.13 bits per heavy atom. The fourth-order valence-electron chi connectivity index (χ4n) is 1.24. The van der Waals surface area contributed by atoms with E-state index in [1.807, 2.05) is 10.9 Å². The largest absolute Gasteiger partial charge is 0.381 e. The molecule has 2 rings (SSSR count). The number of nitrogen functional groups attached to an aromatic ring is 1. The zero-order valence-electron chi connectivity index (χ0n) is 9.06. The van der Waals surface area contributed by atoms with Crippen LogP contribution in [0.2, 0.25) is 0 Å². The van der Waals surface area contributed by atoms with Gasteiger partial charge in [0, 0.05) is 12.3 Å². The molecule has 5 heteroatoms. The molecule has 0 aliphatic rings. The first-order valence-corrected chi connectivity index (χ1v) is 4.74. The molecule has 0 aliphatic carbocycles. The molecule has 2 aromatic rings. The number of hydrogen-bond acceptors (Lipinski definition) is 4. The molecule has 0 radical (unpaired) electrons. The van der Waals surface area contributed by atoms with Gasteiger partial charge in [-0.1, -0.05) is 5.16 Å². The van der Waals surface area contributed by atoms with Crippen LogP contribution in [0.5, 0.6) is 0 Å². The van der Waals surface area contributed by atoms with Crippen LogP contribution in [0.1, 0.15) is 20.8 Å². The molecule has 2 N–H and O–H groups in total. The van der Waals surface area contributed by atoms with Gasteiger partial charge in [-0.25, -0.2) is 0 Å². The maximum atomic E-state index is 5.48. The Morgan fingerprint density at radius 1 is 1.40 bits per heavy atom. The minimum absolute atomic E-state index is 0.0379. The summed E-state index contributed by atoms with van der Waals surface area (Å²) in [4.78, 5) is 0. The Balaban J connectivity index is 2.36. The number of nitrogens with zero attached hydrogens (tertiary/aromatic N) is 3. The molecule has 0 bridgehead atoms. The third-order valence-electron chi connectivity index (χ3n) is 2.08. The highest BCUT2D eigenvalue weighted by Gasteiger charge is 2.15. The minimum Gasteiger partial charge on any atom is -0.381 e. The second kappa shape index (κ2) is 3.12. The van der Waals surface area contributed by atoms with E-state index in [2.05, 4.69) is 31.0 Å². The van der Waals surface area contributed by atoms with Gasteiger partial charge in [-0.2, -0.15) is 5.10 Å². The molecule has 0 unspecified atom stereocenters. The van der Waals surface area contributed by atoms with Crippen molar-refractivity contribution < 1.29 is 4.52 Å². The third-order valence-corrected chi connectivity index (χ3v) is 2.08. The lowest BCUT2D eigenvalue weighted by atomic mass is 10.1. The Morgan fingerprint density at radius 3 is 2.60 bits per heavy atom. The SMILES string of the molecule is CC(C)(C)n1cc(-c2cc(N)no2)cn1. The predicted molar refractivity (Wildman–Crippen MR) is 57.1 cm³/mol. The Kier molecular flexibility index (Phi) is 2.03. The summed E-state index contributed by atoms with van der Waals surface area (Å²) in [6.45, 7) is 6.25.